The third-order valence-electron chi connectivity index (χ3n) is 8.87. The summed E-state index contributed by atoms with van der Waals surface area (Å²) in [7, 11) is 0. The number of carbonyl (C=O) groups is 3. The number of benzene rings is 1. The average Bonchev–Trinajstić information content (AvgIpc) is 3.26. The van der Waals surface area contributed by atoms with Gasteiger partial charge in [0.25, 0.3) is 5.91 Å². The molecule has 0 aromatic heterocycles. The number of anilines is 2. The number of aliphatic hydroxyl groups is 1. The summed E-state index contributed by atoms with van der Waals surface area (Å²) in [5, 5.41) is 9.28. The summed E-state index contributed by atoms with van der Waals surface area (Å²) in [6, 6.07) is 7.31. The van der Waals surface area contributed by atoms with E-state index in [2.05, 4.69) is 24.8 Å². The second-order valence-corrected chi connectivity index (χ2v) is 13.0. The predicted octanol–water partition coefficient (Wildman–Crippen LogP) is 3.79. The molecule has 5 rings (SSSR count). The molecule has 8 nitrogen and oxygen atoms in total. The lowest BCUT2D eigenvalue weighted by atomic mass is 9.74. The van der Waals surface area contributed by atoms with Gasteiger partial charge >= 0.3 is 5.97 Å². The third-order valence-corrected chi connectivity index (χ3v) is 10.7. The number of esters is 1. The van der Waals surface area contributed by atoms with Crippen molar-refractivity contribution in [2.75, 3.05) is 49.2 Å². The highest BCUT2D eigenvalue weighted by Crippen LogP contribution is 2.65. The summed E-state index contributed by atoms with van der Waals surface area (Å²) in [4.78, 5) is 48.0. The molecule has 1 aromatic rings. The van der Waals surface area contributed by atoms with Crippen molar-refractivity contribution in [3.63, 3.8) is 0 Å². The first-order valence-electron chi connectivity index (χ1n) is 14.6. The largest absolute Gasteiger partial charge is 0.465 e. The molecule has 1 N–H and O–H groups in total. The molecule has 40 heavy (non-hydrogen) atoms. The van der Waals surface area contributed by atoms with Crippen LogP contribution in [-0.4, -0.2) is 82.7 Å². The molecule has 0 radical (unpaired) electrons. The molecule has 4 heterocycles. The Bertz CT molecular complexity index is 1180. The number of amides is 2. The van der Waals surface area contributed by atoms with Crippen LogP contribution in [0.25, 0.3) is 0 Å². The molecular formula is C31H41N3O5S. The molecule has 0 saturated carbocycles. The van der Waals surface area contributed by atoms with Crippen LogP contribution in [0.4, 0.5) is 11.4 Å². The number of unbranched alkanes of at least 4 members (excludes halogenated alkanes) is 2. The molecule has 2 amide bonds. The van der Waals surface area contributed by atoms with E-state index in [0.717, 1.165) is 30.9 Å². The van der Waals surface area contributed by atoms with Gasteiger partial charge in [-0.2, -0.15) is 0 Å². The second-order valence-electron chi connectivity index (χ2n) is 11.2. The van der Waals surface area contributed by atoms with E-state index in [-0.39, 0.29) is 24.4 Å². The van der Waals surface area contributed by atoms with Gasteiger partial charge in [0.2, 0.25) is 5.91 Å². The number of carbonyl (C=O) groups excluding carboxylic acids is 3. The van der Waals surface area contributed by atoms with Gasteiger partial charge in [0.1, 0.15) is 6.04 Å². The van der Waals surface area contributed by atoms with Crippen LogP contribution >= 0.6 is 11.8 Å². The highest BCUT2D eigenvalue weighted by atomic mass is 32.2. The fourth-order valence-electron chi connectivity index (χ4n) is 6.96. The molecule has 4 aliphatic rings. The average molecular weight is 568 g/mol. The zero-order chi connectivity index (χ0) is 28.5. The van der Waals surface area contributed by atoms with Crippen LogP contribution < -0.4 is 9.80 Å². The number of ether oxygens (including phenoxy) is 1. The van der Waals surface area contributed by atoms with Crippen LogP contribution in [0.3, 0.4) is 0 Å². The van der Waals surface area contributed by atoms with Crippen molar-refractivity contribution in [3.05, 3.63) is 48.6 Å². The zero-order valence-electron chi connectivity index (χ0n) is 23.8. The van der Waals surface area contributed by atoms with Gasteiger partial charge < -0.3 is 24.5 Å². The molecule has 5 atom stereocenters. The van der Waals surface area contributed by atoms with Crippen molar-refractivity contribution in [2.24, 2.45) is 11.8 Å². The summed E-state index contributed by atoms with van der Waals surface area (Å²) in [6.45, 7) is 9.22. The van der Waals surface area contributed by atoms with E-state index < -0.39 is 27.4 Å². The molecule has 2 fully saturated rings. The Morgan fingerprint density at radius 3 is 2.45 bits per heavy atom. The number of likely N-dealkylation sites (tertiary alicyclic amines) is 1. The lowest BCUT2D eigenvalue weighted by Crippen LogP contribution is -2.53. The molecule has 0 bridgehead atoms. The van der Waals surface area contributed by atoms with Gasteiger partial charge in [-0.05, 0) is 70.7 Å². The Labute approximate surface area is 241 Å². The van der Waals surface area contributed by atoms with Gasteiger partial charge in [-0.1, -0.05) is 24.3 Å². The van der Waals surface area contributed by atoms with Gasteiger partial charge in [-0.3, -0.25) is 14.4 Å². The Balaban J connectivity index is 1.55. The van der Waals surface area contributed by atoms with Gasteiger partial charge in [0.05, 0.1) is 23.2 Å². The number of nitrogens with zero attached hydrogens (tertiary/aromatic N) is 3. The van der Waals surface area contributed by atoms with Crippen LogP contribution in [0.1, 0.15) is 46.5 Å². The van der Waals surface area contributed by atoms with Crippen LogP contribution in [0, 0.1) is 11.8 Å². The highest BCUT2D eigenvalue weighted by molar-refractivity contribution is 8.02. The number of hydrogen-bond donors (Lipinski definition) is 1. The predicted molar refractivity (Wildman–Crippen MR) is 158 cm³/mol. The van der Waals surface area contributed by atoms with Crippen molar-refractivity contribution in [2.45, 2.75) is 62.0 Å². The van der Waals surface area contributed by atoms with Crippen LogP contribution in [-0.2, 0) is 19.1 Å². The van der Waals surface area contributed by atoms with Gasteiger partial charge in [0, 0.05) is 48.9 Å². The van der Waals surface area contributed by atoms with Gasteiger partial charge in [0.15, 0.2) is 0 Å². The Hall–Kier alpha value is -2.78. The highest BCUT2D eigenvalue weighted by Gasteiger charge is 2.73. The van der Waals surface area contributed by atoms with E-state index in [0.29, 0.717) is 39.0 Å². The summed E-state index contributed by atoms with van der Waals surface area (Å²) in [6.07, 6.45) is 10.8. The number of thioether (sulfide) groups is 1. The fourth-order valence-corrected chi connectivity index (χ4v) is 9.12. The van der Waals surface area contributed by atoms with Crippen LogP contribution in [0.5, 0.6) is 0 Å². The number of aliphatic hydroxyl groups excluding tert-OH is 1. The quantitative estimate of drug-likeness (QED) is 0.276. The van der Waals surface area contributed by atoms with E-state index >= 15 is 0 Å². The maximum atomic E-state index is 14.6. The van der Waals surface area contributed by atoms with E-state index in [1.165, 1.54) is 0 Å². The SMILES string of the molecule is CCN(CC)c1ccc(N2CC=C[C@]34S[C@]5(C)C=CCCOC(=O)[C@@H]5[C@H]3C(=O)N(CCCCCO)C4C2=O)cc1. The Kier molecular flexibility index (Phi) is 8.34. The van der Waals surface area contributed by atoms with Crippen molar-refractivity contribution in [1.29, 1.82) is 0 Å². The van der Waals surface area contributed by atoms with Gasteiger partial charge in [-0.15, -0.1) is 11.8 Å². The zero-order valence-corrected chi connectivity index (χ0v) is 24.6. The molecule has 1 spiro atoms. The number of cyclic esters (lactones) is 1. The maximum Gasteiger partial charge on any atom is 0.311 e. The standard InChI is InChI=1S/C31H41N3O5S/c1-4-32(5-2)22-12-14-23(15-13-22)33-19-11-17-31-24(25-29(38)39-21-10-7-16-30(25,3)40-31)27(36)34(26(31)28(33)37)18-8-6-9-20-35/h7,11-17,24-26,35H,4-6,8-10,18-21H2,1-3H3/t24-,25-,26?,30+,31-/m0/s1. The number of rotatable bonds is 9. The first kappa shape index (κ1) is 28.7. The molecule has 1 aromatic carbocycles. The van der Waals surface area contributed by atoms with E-state index in [9.17, 15) is 19.5 Å². The Morgan fingerprint density at radius 2 is 1.75 bits per heavy atom. The van der Waals surface area contributed by atoms with E-state index in [1.807, 2.05) is 49.4 Å². The lowest BCUT2D eigenvalue weighted by molar-refractivity contribution is -0.154. The summed E-state index contributed by atoms with van der Waals surface area (Å²) in [5.41, 5.74) is 1.89. The third kappa shape index (κ3) is 4.75. The summed E-state index contributed by atoms with van der Waals surface area (Å²) >= 11 is 1.57. The minimum absolute atomic E-state index is 0.0946. The van der Waals surface area contributed by atoms with Crippen LogP contribution in [0.2, 0.25) is 0 Å². The topological polar surface area (TPSA) is 90.4 Å². The first-order chi connectivity index (χ1) is 19.3. The van der Waals surface area contributed by atoms with E-state index in [4.69, 9.17) is 4.74 Å². The lowest BCUT2D eigenvalue weighted by Gasteiger charge is -2.37. The van der Waals surface area contributed by atoms with Gasteiger partial charge in [-0.25, -0.2) is 0 Å². The number of hydrogen-bond acceptors (Lipinski definition) is 7. The molecule has 4 aliphatic heterocycles. The van der Waals surface area contributed by atoms with Crippen molar-refractivity contribution in [1.82, 2.24) is 4.90 Å². The van der Waals surface area contributed by atoms with Crippen molar-refractivity contribution >= 4 is 40.9 Å². The first-order valence-corrected chi connectivity index (χ1v) is 15.4. The normalized spacial score (nSPS) is 31.3. The molecule has 2 saturated heterocycles. The van der Waals surface area contributed by atoms with Crippen molar-refractivity contribution < 1.29 is 24.2 Å². The van der Waals surface area contributed by atoms with Crippen LogP contribution in [0.15, 0.2) is 48.6 Å². The van der Waals surface area contributed by atoms with E-state index in [1.54, 1.807) is 21.6 Å². The molecular weight excluding hydrogens is 526 g/mol. The smallest absolute Gasteiger partial charge is 0.311 e. The number of fused-ring (bicyclic) bond motifs is 2. The minimum atomic E-state index is -0.881. The maximum absolute atomic E-state index is 14.6. The summed E-state index contributed by atoms with van der Waals surface area (Å²) in [5.74, 6) is -2.00. The minimum Gasteiger partial charge on any atom is -0.465 e. The molecule has 0 aliphatic carbocycles. The fraction of sp³-hybridized carbons (Fsp3) is 0.581. The summed E-state index contributed by atoms with van der Waals surface area (Å²) < 4.78 is 4.07. The molecule has 1 unspecified atom stereocenters. The monoisotopic (exact) mass is 567 g/mol. The molecule has 216 valence electrons. The Morgan fingerprint density at radius 1 is 1.00 bits per heavy atom. The second kappa shape index (κ2) is 11.6. The molecule has 9 heteroatoms. The van der Waals surface area contributed by atoms with Crippen molar-refractivity contribution in [3.8, 4) is 0 Å².